The van der Waals surface area contributed by atoms with Gasteiger partial charge in [-0.3, -0.25) is 4.79 Å². The molecule has 1 fully saturated rings. The number of likely N-dealkylation sites (tertiary alicyclic amines) is 1. The molecule has 0 radical (unpaired) electrons. The molecule has 2 aromatic carbocycles. The molecule has 1 N–H and O–H groups in total. The lowest BCUT2D eigenvalue weighted by Crippen LogP contribution is -2.28. The molecule has 2 aromatic rings. The lowest BCUT2D eigenvalue weighted by molar-refractivity contribution is -0.127. The number of hydrogen-bond acceptors (Lipinski definition) is 3. The number of nitrogens with one attached hydrogen (secondary N) is 1. The van der Waals surface area contributed by atoms with E-state index in [0.717, 1.165) is 51.2 Å². The van der Waals surface area contributed by atoms with Crippen LogP contribution in [-0.2, 0) is 17.9 Å². The van der Waals surface area contributed by atoms with Gasteiger partial charge in [-0.1, -0.05) is 42.5 Å². The van der Waals surface area contributed by atoms with Gasteiger partial charge in [0.25, 0.3) is 0 Å². The van der Waals surface area contributed by atoms with Crippen molar-refractivity contribution < 1.29 is 9.53 Å². The highest BCUT2D eigenvalue weighted by atomic mass is 16.5. The van der Waals surface area contributed by atoms with Gasteiger partial charge in [-0.25, -0.2) is 0 Å². The maximum Gasteiger partial charge on any atom is 0.222 e. The van der Waals surface area contributed by atoms with E-state index in [1.54, 1.807) is 0 Å². The Morgan fingerprint density at radius 3 is 2.68 bits per heavy atom. The van der Waals surface area contributed by atoms with Crippen LogP contribution in [0.25, 0.3) is 0 Å². The summed E-state index contributed by atoms with van der Waals surface area (Å²) in [6, 6.07) is 18.4. The molecule has 1 heterocycles. The zero-order chi connectivity index (χ0) is 17.3. The van der Waals surface area contributed by atoms with Gasteiger partial charge in [0.05, 0.1) is 0 Å². The monoisotopic (exact) mass is 338 g/mol. The number of nitrogens with zero attached hydrogens (tertiary/aromatic N) is 1. The number of hydrogen-bond donors (Lipinski definition) is 1. The minimum absolute atomic E-state index is 0.309. The van der Waals surface area contributed by atoms with Crippen molar-refractivity contribution in [2.75, 3.05) is 19.6 Å². The van der Waals surface area contributed by atoms with Gasteiger partial charge in [-0.2, -0.15) is 0 Å². The van der Waals surface area contributed by atoms with Crippen molar-refractivity contribution >= 4 is 5.91 Å². The molecule has 1 amide bonds. The molecule has 3 rings (SSSR count). The predicted molar refractivity (Wildman–Crippen MR) is 99.4 cm³/mol. The van der Waals surface area contributed by atoms with Gasteiger partial charge >= 0.3 is 0 Å². The summed E-state index contributed by atoms with van der Waals surface area (Å²) in [6.45, 7) is 4.11. The van der Waals surface area contributed by atoms with Gasteiger partial charge in [0, 0.05) is 26.1 Å². The van der Waals surface area contributed by atoms with Crippen molar-refractivity contribution in [1.82, 2.24) is 10.2 Å². The van der Waals surface area contributed by atoms with Crippen LogP contribution in [0.15, 0.2) is 54.6 Å². The van der Waals surface area contributed by atoms with E-state index in [2.05, 4.69) is 29.6 Å². The molecule has 1 aliphatic rings. The molecule has 1 saturated heterocycles. The number of benzene rings is 2. The molecule has 132 valence electrons. The third-order valence-electron chi connectivity index (χ3n) is 4.43. The molecule has 0 aliphatic carbocycles. The number of amides is 1. The molecular formula is C21H26N2O2. The molecule has 0 spiro atoms. The average molecular weight is 338 g/mol. The first kappa shape index (κ1) is 17.5. The van der Waals surface area contributed by atoms with E-state index in [-0.39, 0.29) is 0 Å². The molecule has 4 nitrogen and oxygen atoms in total. The summed E-state index contributed by atoms with van der Waals surface area (Å²) in [4.78, 5) is 13.5. The largest absolute Gasteiger partial charge is 0.489 e. The second kappa shape index (κ2) is 9.23. The van der Waals surface area contributed by atoms with Crippen LogP contribution in [0.2, 0.25) is 0 Å². The van der Waals surface area contributed by atoms with Crippen molar-refractivity contribution in [1.29, 1.82) is 0 Å². The summed E-state index contributed by atoms with van der Waals surface area (Å²) >= 11 is 0. The molecule has 0 unspecified atom stereocenters. The Kier molecular flexibility index (Phi) is 6.46. The number of carbonyl (C=O) groups excluding carboxylic acids is 1. The van der Waals surface area contributed by atoms with E-state index in [1.807, 2.05) is 35.2 Å². The number of rotatable bonds is 9. The molecule has 0 atom stereocenters. The van der Waals surface area contributed by atoms with Gasteiger partial charge in [0.2, 0.25) is 5.91 Å². The smallest absolute Gasteiger partial charge is 0.222 e. The lowest BCUT2D eigenvalue weighted by Gasteiger charge is -2.15. The van der Waals surface area contributed by atoms with Crippen molar-refractivity contribution in [2.24, 2.45) is 0 Å². The third-order valence-corrected chi connectivity index (χ3v) is 4.43. The first-order valence-corrected chi connectivity index (χ1v) is 9.05. The third kappa shape index (κ3) is 5.61. The molecule has 25 heavy (non-hydrogen) atoms. The van der Waals surface area contributed by atoms with E-state index >= 15 is 0 Å². The summed E-state index contributed by atoms with van der Waals surface area (Å²) < 4.78 is 5.87. The van der Waals surface area contributed by atoms with Crippen LogP contribution < -0.4 is 10.1 Å². The lowest BCUT2D eigenvalue weighted by atomic mass is 10.2. The highest BCUT2D eigenvalue weighted by molar-refractivity contribution is 5.77. The topological polar surface area (TPSA) is 41.6 Å². The zero-order valence-corrected chi connectivity index (χ0v) is 14.6. The molecule has 0 bridgehead atoms. The second-order valence-electron chi connectivity index (χ2n) is 6.44. The minimum atomic E-state index is 0.309. The van der Waals surface area contributed by atoms with Crippen LogP contribution in [0.1, 0.15) is 30.4 Å². The Morgan fingerprint density at radius 2 is 1.88 bits per heavy atom. The highest BCUT2D eigenvalue weighted by Crippen LogP contribution is 2.15. The number of ether oxygens (including phenoxy) is 1. The summed E-state index contributed by atoms with van der Waals surface area (Å²) in [7, 11) is 0. The van der Waals surface area contributed by atoms with Crippen LogP contribution in [0.5, 0.6) is 5.75 Å². The first-order valence-electron chi connectivity index (χ1n) is 9.05. The standard InChI is InChI=1S/C21H26N2O2/c24-21-11-5-13-23(21)14-6-12-22-16-19-9-4-10-20(15-19)25-17-18-7-2-1-3-8-18/h1-4,7-10,15,22H,5-6,11-14,16-17H2. The Hall–Kier alpha value is -2.33. The summed E-state index contributed by atoms with van der Waals surface area (Å²) in [6.07, 6.45) is 2.74. The van der Waals surface area contributed by atoms with Gasteiger partial charge < -0.3 is 15.0 Å². The van der Waals surface area contributed by atoms with E-state index < -0.39 is 0 Å². The summed E-state index contributed by atoms with van der Waals surface area (Å²) in [5, 5.41) is 3.45. The fraction of sp³-hybridized carbons (Fsp3) is 0.381. The number of carbonyl (C=O) groups is 1. The normalized spacial score (nSPS) is 14.1. The Labute approximate surface area is 149 Å². The van der Waals surface area contributed by atoms with Crippen molar-refractivity contribution in [3.63, 3.8) is 0 Å². The SMILES string of the molecule is O=C1CCCN1CCCNCc1cccc(OCc2ccccc2)c1. The van der Waals surface area contributed by atoms with Gasteiger partial charge in [0.1, 0.15) is 12.4 Å². The maximum absolute atomic E-state index is 11.6. The summed E-state index contributed by atoms with van der Waals surface area (Å²) in [5.41, 5.74) is 2.38. The van der Waals surface area contributed by atoms with E-state index in [0.29, 0.717) is 12.5 Å². The van der Waals surface area contributed by atoms with Crippen molar-refractivity contribution in [3.8, 4) is 5.75 Å². The first-order chi connectivity index (χ1) is 12.3. The van der Waals surface area contributed by atoms with Crippen LogP contribution in [0, 0.1) is 0 Å². The van der Waals surface area contributed by atoms with Gasteiger partial charge in [-0.05, 0) is 42.6 Å². The molecule has 0 saturated carbocycles. The van der Waals surface area contributed by atoms with Crippen LogP contribution in [0.4, 0.5) is 0 Å². The highest BCUT2D eigenvalue weighted by Gasteiger charge is 2.18. The Balaban J connectivity index is 1.37. The van der Waals surface area contributed by atoms with Crippen LogP contribution in [-0.4, -0.2) is 30.4 Å². The van der Waals surface area contributed by atoms with Crippen LogP contribution >= 0.6 is 0 Å². The van der Waals surface area contributed by atoms with Crippen molar-refractivity contribution in [2.45, 2.75) is 32.4 Å². The average Bonchev–Trinajstić information content (AvgIpc) is 3.06. The Morgan fingerprint density at radius 1 is 1.04 bits per heavy atom. The Bertz CT molecular complexity index is 673. The summed E-state index contributed by atoms with van der Waals surface area (Å²) in [5.74, 6) is 1.20. The predicted octanol–water partition coefficient (Wildman–Crippen LogP) is 3.37. The van der Waals surface area contributed by atoms with Crippen LogP contribution in [0.3, 0.4) is 0 Å². The van der Waals surface area contributed by atoms with Gasteiger partial charge in [0.15, 0.2) is 0 Å². The van der Waals surface area contributed by atoms with E-state index in [1.165, 1.54) is 11.1 Å². The molecule has 1 aliphatic heterocycles. The van der Waals surface area contributed by atoms with Gasteiger partial charge in [-0.15, -0.1) is 0 Å². The molecular weight excluding hydrogens is 312 g/mol. The maximum atomic E-state index is 11.6. The second-order valence-corrected chi connectivity index (χ2v) is 6.44. The van der Waals surface area contributed by atoms with E-state index in [4.69, 9.17) is 4.74 Å². The molecule has 0 aromatic heterocycles. The minimum Gasteiger partial charge on any atom is -0.489 e. The quantitative estimate of drug-likeness (QED) is 0.713. The zero-order valence-electron chi connectivity index (χ0n) is 14.6. The molecule has 4 heteroatoms. The fourth-order valence-electron chi connectivity index (χ4n) is 3.05. The van der Waals surface area contributed by atoms with E-state index in [9.17, 15) is 4.79 Å². The van der Waals surface area contributed by atoms with Crippen molar-refractivity contribution in [3.05, 3.63) is 65.7 Å². The fourth-order valence-corrected chi connectivity index (χ4v) is 3.05.